The molecule has 2 aromatic heterocycles. The van der Waals surface area contributed by atoms with Crippen molar-refractivity contribution in [3.05, 3.63) is 59.6 Å². The van der Waals surface area contributed by atoms with Crippen LogP contribution in [0.2, 0.25) is 0 Å². The summed E-state index contributed by atoms with van der Waals surface area (Å²) >= 11 is 0.543. The Morgan fingerprint density at radius 1 is 1.19 bits per heavy atom. The predicted molar refractivity (Wildman–Crippen MR) is 122 cm³/mol. The van der Waals surface area contributed by atoms with Crippen LogP contribution in [0, 0.1) is 20.8 Å². The van der Waals surface area contributed by atoms with Crippen molar-refractivity contribution < 1.29 is 19.0 Å². The summed E-state index contributed by atoms with van der Waals surface area (Å²) in [5, 5.41) is 14.5. The smallest absolute Gasteiger partial charge is 0.323 e. The summed E-state index contributed by atoms with van der Waals surface area (Å²) in [6, 6.07) is 13.6. The van der Waals surface area contributed by atoms with Crippen molar-refractivity contribution in [2.45, 2.75) is 42.0 Å². The van der Waals surface area contributed by atoms with Crippen molar-refractivity contribution in [2.24, 2.45) is 0 Å². The predicted octanol–water partition coefficient (Wildman–Crippen LogP) is 5.19. The number of rotatable bonds is 6. The summed E-state index contributed by atoms with van der Waals surface area (Å²) in [6.45, 7) is 5.62. The molecule has 160 valence electrons. The molecule has 0 radical (unpaired) electrons. The van der Waals surface area contributed by atoms with Gasteiger partial charge in [-0.05, 0) is 73.9 Å². The summed E-state index contributed by atoms with van der Waals surface area (Å²) < 4.78 is 18.9. The van der Waals surface area contributed by atoms with E-state index in [1.54, 1.807) is 18.0 Å². The minimum absolute atomic E-state index is 0.110. The first-order valence-corrected chi connectivity index (χ1v) is 12.0. The minimum atomic E-state index is -1.03. The summed E-state index contributed by atoms with van der Waals surface area (Å²) in [5.74, 6) is -0.142. The second kappa shape index (κ2) is 8.45. The summed E-state index contributed by atoms with van der Waals surface area (Å²) in [7, 11) is 0. The number of aromatic nitrogens is 2. The van der Waals surface area contributed by atoms with Crippen LogP contribution in [0.25, 0.3) is 22.0 Å². The third-order valence-corrected chi connectivity index (χ3v) is 7.42. The standard InChI is InChI=1S/C23H22N2O4S2/c1-13-22(15(3)29-24-13)16-5-10-20-19(11-16)23(14(2)25(20)12-21(26)27)30-17-6-8-18(9-7-17)31(4)28/h5-11H,12H2,1-4H3,(H,26,27). The molecule has 0 fully saturated rings. The molecule has 0 aliphatic rings. The fourth-order valence-electron chi connectivity index (χ4n) is 3.79. The van der Waals surface area contributed by atoms with Gasteiger partial charge in [0.25, 0.3) is 0 Å². The van der Waals surface area contributed by atoms with Crippen molar-refractivity contribution in [3.63, 3.8) is 0 Å². The molecule has 0 aliphatic heterocycles. The van der Waals surface area contributed by atoms with E-state index >= 15 is 0 Å². The molecule has 31 heavy (non-hydrogen) atoms. The number of benzene rings is 2. The van der Waals surface area contributed by atoms with Crippen LogP contribution in [0.5, 0.6) is 0 Å². The lowest BCUT2D eigenvalue weighted by atomic mass is 10.0. The molecule has 4 aromatic rings. The van der Waals surface area contributed by atoms with Crippen LogP contribution in [0.15, 0.2) is 61.7 Å². The van der Waals surface area contributed by atoms with Crippen molar-refractivity contribution in [2.75, 3.05) is 6.26 Å². The monoisotopic (exact) mass is 454 g/mol. The van der Waals surface area contributed by atoms with Crippen molar-refractivity contribution in [1.29, 1.82) is 0 Å². The van der Waals surface area contributed by atoms with Gasteiger partial charge in [0.05, 0.1) is 5.69 Å². The van der Waals surface area contributed by atoms with Gasteiger partial charge in [-0.2, -0.15) is 0 Å². The van der Waals surface area contributed by atoms with E-state index in [-0.39, 0.29) is 6.54 Å². The van der Waals surface area contributed by atoms with E-state index < -0.39 is 17.1 Å². The fourth-order valence-corrected chi connectivity index (χ4v) is 5.35. The molecule has 0 aliphatic carbocycles. The second-order valence-electron chi connectivity index (χ2n) is 7.35. The molecular formula is C23H22N2O4S2. The normalized spacial score (nSPS) is 12.4. The quantitative estimate of drug-likeness (QED) is 0.403. The number of nitrogens with zero attached hydrogens (tertiary/aromatic N) is 2. The van der Waals surface area contributed by atoms with Crippen LogP contribution in [0.1, 0.15) is 17.1 Å². The molecule has 1 N–H and O–H groups in total. The van der Waals surface area contributed by atoms with Crippen molar-refractivity contribution in [1.82, 2.24) is 9.72 Å². The van der Waals surface area contributed by atoms with Gasteiger partial charge in [0.2, 0.25) is 0 Å². The minimum Gasteiger partial charge on any atom is -0.612 e. The van der Waals surface area contributed by atoms with Crippen molar-refractivity contribution in [3.8, 4) is 11.1 Å². The maximum absolute atomic E-state index is 11.7. The number of carboxylic acid groups (broad SMARTS) is 1. The Balaban J connectivity index is 1.86. The maximum atomic E-state index is 11.7. The highest BCUT2D eigenvalue weighted by atomic mass is 32.2. The van der Waals surface area contributed by atoms with Crippen LogP contribution in [0.4, 0.5) is 0 Å². The van der Waals surface area contributed by atoms with Gasteiger partial charge < -0.3 is 18.7 Å². The molecule has 0 saturated carbocycles. The number of fused-ring (bicyclic) bond motifs is 1. The molecule has 6 nitrogen and oxygen atoms in total. The van der Waals surface area contributed by atoms with Gasteiger partial charge in [0.1, 0.15) is 18.6 Å². The van der Waals surface area contributed by atoms with Gasteiger partial charge >= 0.3 is 5.97 Å². The molecule has 4 rings (SSSR count). The largest absolute Gasteiger partial charge is 0.612 e. The highest BCUT2D eigenvalue weighted by Crippen LogP contribution is 2.40. The van der Waals surface area contributed by atoms with Gasteiger partial charge in [-0.25, -0.2) is 0 Å². The molecule has 0 saturated heterocycles. The van der Waals surface area contributed by atoms with Gasteiger partial charge in [-0.15, -0.1) is 0 Å². The van der Waals surface area contributed by atoms with Crippen LogP contribution in [0.3, 0.4) is 0 Å². The van der Waals surface area contributed by atoms with Gasteiger partial charge in [-0.3, -0.25) is 4.79 Å². The van der Waals surface area contributed by atoms with Gasteiger partial charge in [0.15, 0.2) is 4.90 Å². The molecule has 0 amide bonds. The first-order valence-electron chi connectivity index (χ1n) is 9.65. The molecule has 2 heterocycles. The SMILES string of the molecule is Cc1noc(C)c1-c1ccc2c(c1)c(Sc1ccc([S+](C)[O-])cc1)c(C)n2CC(=O)O. The average Bonchev–Trinajstić information content (AvgIpc) is 3.19. The lowest BCUT2D eigenvalue weighted by Crippen LogP contribution is -2.09. The van der Waals surface area contributed by atoms with E-state index in [1.165, 1.54) is 0 Å². The van der Waals surface area contributed by atoms with E-state index in [9.17, 15) is 14.5 Å². The van der Waals surface area contributed by atoms with E-state index in [2.05, 4.69) is 11.2 Å². The Morgan fingerprint density at radius 2 is 1.90 bits per heavy atom. The zero-order valence-electron chi connectivity index (χ0n) is 17.6. The number of carboxylic acids is 1. The number of carbonyl (C=O) groups is 1. The highest BCUT2D eigenvalue weighted by molar-refractivity contribution is 7.99. The van der Waals surface area contributed by atoms with Crippen LogP contribution < -0.4 is 0 Å². The van der Waals surface area contributed by atoms with Crippen LogP contribution >= 0.6 is 11.8 Å². The number of aliphatic carboxylic acids is 1. The summed E-state index contributed by atoms with van der Waals surface area (Å²) in [4.78, 5) is 14.3. The molecule has 0 spiro atoms. The van der Waals surface area contributed by atoms with E-state index in [0.29, 0.717) is 0 Å². The third kappa shape index (κ3) is 4.11. The zero-order chi connectivity index (χ0) is 22.3. The lowest BCUT2D eigenvalue weighted by molar-refractivity contribution is -0.137. The highest BCUT2D eigenvalue weighted by Gasteiger charge is 2.20. The first kappa shape index (κ1) is 21.5. The second-order valence-corrected chi connectivity index (χ2v) is 9.82. The molecular weight excluding hydrogens is 432 g/mol. The third-order valence-electron chi connectivity index (χ3n) is 5.26. The molecule has 1 unspecified atom stereocenters. The molecule has 1 atom stereocenters. The Labute approximate surface area is 187 Å². The van der Waals surface area contributed by atoms with Crippen molar-refractivity contribution >= 4 is 39.8 Å². The summed E-state index contributed by atoms with van der Waals surface area (Å²) in [5.41, 5.74) is 4.51. The maximum Gasteiger partial charge on any atom is 0.323 e. The van der Waals surface area contributed by atoms with E-state index in [0.717, 1.165) is 53.9 Å². The average molecular weight is 455 g/mol. The van der Waals surface area contributed by atoms with E-state index in [1.807, 2.05) is 61.7 Å². The fraction of sp³-hybridized carbons (Fsp3) is 0.217. The Kier molecular flexibility index (Phi) is 5.88. The molecule has 0 bridgehead atoms. The Morgan fingerprint density at radius 3 is 2.48 bits per heavy atom. The Hall–Kier alpha value is -2.68. The lowest BCUT2D eigenvalue weighted by Gasteiger charge is -2.07. The van der Waals surface area contributed by atoms with Gasteiger partial charge in [0, 0.05) is 32.0 Å². The zero-order valence-corrected chi connectivity index (χ0v) is 19.3. The Bertz CT molecular complexity index is 1250. The molecule has 2 aromatic carbocycles. The van der Waals surface area contributed by atoms with Crippen LogP contribution in [-0.2, 0) is 22.5 Å². The first-order chi connectivity index (χ1) is 14.8. The molecule has 8 heteroatoms. The summed E-state index contributed by atoms with van der Waals surface area (Å²) in [6.07, 6.45) is 1.65. The topological polar surface area (TPSA) is 91.3 Å². The number of hydrogen-bond donors (Lipinski definition) is 1. The van der Waals surface area contributed by atoms with E-state index in [4.69, 9.17) is 4.52 Å². The van der Waals surface area contributed by atoms with Gasteiger partial charge in [-0.1, -0.05) is 23.0 Å². The van der Waals surface area contributed by atoms with Crippen LogP contribution in [-0.4, -0.2) is 31.6 Å². The number of aryl methyl sites for hydroxylation is 2. The number of hydrogen-bond acceptors (Lipinski definition) is 5.